The summed E-state index contributed by atoms with van der Waals surface area (Å²) >= 11 is 6.01. The first-order valence-electron chi connectivity index (χ1n) is 6.33. The fraction of sp³-hybridized carbons (Fsp3) is 0.188. The van der Waals surface area contributed by atoms with Crippen LogP contribution in [0.25, 0.3) is 0 Å². The van der Waals surface area contributed by atoms with Crippen LogP contribution >= 0.6 is 11.6 Å². The van der Waals surface area contributed by atoms with Gasteiger partial charge in [-0.05, 0) is 49.2 Å². The van der Waals surface area contributed by atoms with Crippen molar-refractivity contribution in [3.8, 4) is 0 Å². The molecule has 0 aliphatic carbocycles. The smallest absolute Gasteiger partial charge is 0.255 e. The lowest BCUT2D eigenvalue weighted by atomic mass is 10.1. The zero-order valence-electron chi connectivity index (χ0n) is 11.4. The standard InChI is InChI=1S/C16H16ClNO2/c1-10-6-7-13(9-15(10)17)16(20)18-14-5-3-4-12(8-14)11(2)19/h3-9,11,19H,1-2H3,(H,18,20)/t11-/m1/s1. The van der Waals surface area contributed by atoms with E-state index in [0.29, 0.717) is 16.3 Å². The molecule has 104 valence electrons. The molecule has 3 nitrogen and oxygen atoms in total. The lowest BCUT2D eigenvalue weighted by Gasteiger charge is -2.09. The second-order valence-corrected chi connectivity index (χ2v) is 5.13. The van der Waals surface area contributed by atoms with E-state index in [4.69, 9.17) is 11.6 Å². The number of carbonyl (C=O) groups is 1. The molecule has 0 saturated heterocycles. The van der Waals surface area contributed by atoms with Crippen molar-refractivity contribution in [1.29, 1.82) is 0 Å². The fourth-order valence-corrected chi connectivity index (χ4v) is 1.99. The largest absolute Gasteiger partial charge is 0.389 e. The van der Waals surface area contributed by atoms with Crippen LogP contribution in [0.1, 0.15) is 34.5 Å². The fourth-order valence-electron chi connectivity index (χ4n) is 1.81. The van der Waals surface area contributed by atoms with Crippen molar-refractivity contribution in [3.05, 3.63) is 64.2 Å². The molecule has 20 heavy (non-hydrogen) atoms. The van der Waals surface area contributed by atoms with Crippen LogP contribution in [0.2, 0.25) is 5.02 Å². The van der Waals surface area contributed by atoms with Gasteiger partial charge in [-0.3, -0.25) is 4.79 Å². The highest BCUT2D eigenvalue weighted by atomic mass is 35.5. The number of anilines is 1. The number of halogens is 1. The van der Waals surface area contributed by atoms with Gasteiger partial charge in [-0.15, -0.1) is 0 Å². The van der Waals surface area contributed by atoms with Gasteiger partial charge in [-0.1, -0.05) is 29.8 Å². The van der Waals surface area contributed by atoms with Crippen molar-refractivity contribution in [2.45, 2.75) is 20.0 Å². The van der Waals surface area contributed by atoms with Gasteiger partial charge in [0.05, 0.1) is 6.10 Å². The van der Waals surface area contributed by atoms with Crippen molar-refractivity contribution in [3.63, 3.8) is 0 Å². The number of hydrogen-bond donors (Lipinski definition) is 2. The molecular weight excluding hydrogens is 274 g/mol. The van der Waals surface area contributed by atoms with Gasteiger partial charge in [-0.2, -0.15) is 0 Å². The summed E-state index contributed by atoms with van der Waals surface area (Å²) < 4.78 is 0. The average Bonchev–Trinajstić information content (AvgIpc) is 2.42. The van der Waals surface area contributed by atoms with E-state index in [-0.39, 0.29) is 5.91 Å². The van der Waals surface area contributed by atoms with Gasteiger partial charge in [0.1, 0.15) is 0 Å². The molecule has 0 heterocycles. The van der Waals surface area contributed by atoms with Gasteiger partial charge in [-0.25, -0.2) is 0 Å². The van der Waals surface area contributed by atoms with Crippen LogP contribution in [0.3, 0.4) is 0 Å². The molecule has 0 fully saturated rings. The van der Waals surface area contributed by atoms with E-state index in [1.54, 1.807) is 37.3 Å². The van der Waals surface area contributed by atoms with E-state index in [1.165, 1.54) is 0 Å². The van der Waals surface area contributed by atoms with Crippen molar-refractivity contribution >= 4 is 23.2 Å². The molecule has 2 rings (SSSR count). The van der Waals surface area contributed by atoms with Gasteiger partial charge in [0.15, 0.2) is 0 Å². The Morgan fingerprint density at radius 2 is 2.00 bits per heavy atom. The minimum absolute atomic E-state index is 0.227. The molecule has 0 unspecified atom stereocenters. The van der Waals surface area contributed by atoms with Crippen molar-refractivity contribution in [2.75, 3.05) is 5.32 Å². The number of amides is 1. The minimum Gasteiger partial charge on any atom is -0.389 e. The number of rotatable bonds is 3. The third kappa shape index (κ3) is 3.38. The van der Waals surface area contributed by atoms with E-state index >= 15 is 0 Å². The third-order valence-electron chi connectivity index (χ3n) is 3.06. The quantitative estimate of drug-likeness (QED) is 0.899. The summed E-state index contributed by atoms with van der Waals surface area (Å²) in [5, 5.41) is 12.9. The molecular formula is C16H16ClNO2. The lowest BCUT2D eigenvalue weighted by Crippen LogP contribution is -2.12. The second-order valence-electron chi connectivity index (χ2n) is 4.72. The van der Waals surface area contributed by atoms with Crippen LogP contribution < -0.4 is 5.32 Å². The molecule has 0 bridgehead atoms. The average molecular weight is 290 g/mol. The van der Waals surface area contributed by atoms with Gasteiger partial charge in [0, 0.05) is 16.3 Å². The highest BCUT2D eigenvalue weighted by Gasteiger charge is 2.09. The Kier molecular flexibility index (Phi) is 4.42. The highest BCUT2D eigenvalue weighted by molar-refractivity contribution is 6.31. The molecule has 0 spiro atoms. The number of carbonyl (C=O) groups excluding carboxylic acids is 1. The zero-order valence-corrected chi connectivity index (χ0v) is 12.1. The number of nitrogens with one attached hydrogen (secondary N) is 1. The molecule has 0 aliphatic heterocycles. The van der Waals surface area contributed by atoms with Crippen molar-refractivity contribution < 1.29 is 9.90 Å². The topological polar surface area (TPSA) is 49.3 Å². The first kappa shape index (κ1) is 14.6. The van der Waals surface area contributed by atoms with Crippen LogP contribution in [0.5, 0.6) is 0 Å². The van der Waals surface area contributed by atoms with E-state index in [9.17, 15) is 9.90 Å². The summed E-state index contributed by atoms with van der Waals surface area (Å²) in [5.74, 6) is -0.227. The Balaban J connectivity index is 2.19. The van der Waals surface area contributed by atoms with E-state index in [2.05, 4.69) is 5.32 Å². The molecule has 1 atom stereocenters. The summed E-state index contributed by atoms with van der Waals surface area (Å²) in [4.78, 5) is 12.1. The van der Waals surface area contributed by atoms with E-state index < -0.39 is 6.10 Å². The third-order valence-corrected chi connectivity index (χ3v) is 3.47. The summed E-state index contributed by atoms with van der Waals surface area (Å²) in [6.07, 6.45) is -0.569. The van der Waals surface area contributed by atoms with Crippen LogP contribution in [0, 0.1) is 6.92 Å². The maximum absolute atomic E-state index is 12.1. The zero-order chi connectivity index (χ0) is 14.7. The molecule has 0 aliphatic rings. The molecule has 2 aromatic carbocycles. The van der Waals surface area contributed by atoms with Crippen LogP contribution in [-0.4, -0.2) is 11.0 Å². The van der Waals surface area contributed by atoms with Gasteiger partial charge in [0.2, 0.25) is 0 Å². The maximum atomic E-state index is 12.1. The van der Waals surface area contributed by atoms with E-state index in [0.717, 1.165) is 11.1 Å². The molecule has 4 heteroatoms. The normalized spacial score (nSPS) is 12.0. The van der Waals surface area contributed by atoms with Crippen LogP contribution in [0.4, 0.5) is 5.69 Å². The summed E-state index contributed by atoms with van der Waals surface area (Å²) in [5.41, 5.74) is 2.83. The van der Waals surface area contributed by atoms with Gasteiger partial charge >= 0.3 is 0 Å². The van der Waals surface area contributed by atoms with Crippen molar-refractivity contribution in [1.82, 2.24) is 0 Å². The molecule has 1 amide bonds. The highest BCUT2D eigenvalue weighted by Crippen LogP contribution is 2.20. The molecule has 2 N–H and O–H groups in total. The molecule has 0 radical (unpaired) electrons. The summed E-state index contributed by atoms with van der Waals surface area (Å²) in [6.45, 7) is 3.57. The van der Waals surface area contributed by atoms with Crippen LogP contribution in [0.15, 0.2) is 42.5 Å². The second kappa shape index (κ2) is 6.07. The summed E-state index contributed by atoms with van der Waals surface area (Å²) in [6, 6.07) is 12.3. The first-order chi connectivity index (χ1) is 9.47. The number of aliphatic hydroxyl groups is 1. The van der Waals surface area contributed by atoms with Gasteiger partial charge < -0.3 is 10.4 Å². The predicted molar refractivity (Wildman–Crippen MR) is 81.2 cm³/mol. The number of aliphatic hydroxyl groups excluding tert-OH is 1. The Bertz CT molecular complexity index is 638. The minimum atomic E-state index is -0.569. The lowest BCUT2D eigenvalue weighted by molar-refractivity contribution is 0.102. The first-order valence-corrected chi connectivity index (χ1v) is 6.70. The van der Waals surface area contributed by atoms with E-state index in [1.807, 2.05) is 19.1 Å². The Labute approximate surface area is 123 Å². The maximum Gasteiger partial charge on any atom is 0.255 e. The number of hydrogen-bond acceptors (Lipinski definition) is 2. The molecule has 0 aromatic heterocycles. The molecule has 0 saturated carbocycles. The number of benzene rings is 2. The summed E-state index contributed by atoms with van der Waals surface area (Å²) in [7, 11) is 0. The van der Waals surface area contributed by atoms with Crippen LogP contribution in [-0.2, 0) is 0 Å². The Morgan fingerprint density at radius 3 is 2.65 bits per heavy atom. The predicted octanol–water partition coefficient (Wildman–Crippen LogP) is 3.95. The Morgan fingerprint density at radius 1 is 1.25 bits per heavy atom. The number of aryl methyl sites for hydroxylation is 1. The van der Waals surface area contributed by atoms with Gasteiger partial charge in [0.25, 0.3) is 5.91 Å². The SMILES string of the molecule is Cc1ccc(C(=O)Nc2cccc([C@@H](C)O)c2)cc1Cl. The monoisotopic (exact) mass is 289 g/mol. The Hall–Kier alpha value is -1.84. The van der Waals surface area contributed by atoms with Crippen molar-refractivity contribution in [2.24, 2.45) is 0 Å². The molecule has 2 aromatic rings.